The highest BCUT2D eigenvalue weighted by molar-refractivity contribution is 14.1. The Labute approximate surface area is 134 Å². The molecule has 1 aromatic carbocycles. The van der Waals surface area contributed by atoms with E-state index in [0.717, 1.165) is 3.57 Å². The first-order valence-corrected chi connectivity index (χ1v) is 8.21. The van der Waals surface area contributed by atoms with Crippen LogP contribution in [-0.2, 0) is 10.0 Å². The van der Waals surface area contributed by atoms with Crippen molar-refractivity contribution < 1.29 is 8.42 Å². The van der Waals surface area contributed by atoms with Crippen molar-refractivity contribution in [2.75, 3.05) is 4.72 Å². The van der Waals surface area contributed by atoms with Crippen molar-refractivity contribution in [3.05, 3.63) is 50.8 Å². The second-order valence-corrected chi connectivity index (χ2v) is 7.00. The summed E-state index contributed by atoms with van der Waals surface area (Å²) in [6, 6.07) is 9.42. The summed E-state index contributed by atoms with van der Waals surface area (Å²) in [4.78, 5) is 3.54. The fraction of sp³-hybridized carbons (Fsp3) is 0. The molecule has 0 fully saturated rings. The zero-order valence-electron chi connectivity index (χ0n) is 9.84. The van der Waals surface area contributed by atoms with Crippen LogP contribution >= 0.6 is 34.2 Å². The van der Waals surface area contributed by atoms with E-state index in [2.05, 4.69) is 32.3 Å². The first-order chi connectivity index (χ1) is 9.44. The molecule has 5 nitrogen and oxygen atoms in total. The molecule has 1 aromatic heterocycles. The van der Waals surface area contributed by atoms with E-state index in [0.29, 0.717) is 0 Å². The number of sulfonamides is 1. The Kier molecular flexibility index (Phi) is 4.47. The van der Waals surface area contributed by atoms with E-state index in [9.17, 15) is 8.42 Å². The average molecular weight is 420 g/mol. The molecule has 2 rings (SSSR count). The Morgan fingerprint density at radius 3 is 2.75 bits per heavy atom. The summed E-state index contributed by atoms with van der Waals surface area (Å²) in [6.07, 6.45) is 1.36. The average Bonchev–Trinajstić information content (AvgIpc) is 2.42. The Balaban J connectivity index is 2.44. The van der Waals surface area contributed by atoms with Crippen molar-refractivity contribution in [2.45, 2.75) is 4.90 Å². The summed E-state index contributed by atoms with van der Waals surface area (Å²) < 4.78 is 27.7. The lowest BCUT2D eigenvalue weighted by atomic mass is 10.3. The van der Waals surface area contributed by atoms with E-state index in [4.69, 9.17) is 16.9 Å². The molecule has 1 heterocycles. The Hall–Kier alpha value is -1.37. The van der Waals surface area contributed by atoms with Gasteiger partial charge in [-0.25, -0.2) is 13.4 Å². The van der Waals surface area contributed by atoms with Crippen LogP contribution in [0.4, 0.5) is 5.69 Å². The highest BCUT2D eigenvalue weighted by Crippen LogP contribution is 2.26. The van der Waals surface area contributed by atoms with Crippen molar-refractivity contribution in [3.8, 4) is 6.07 Å². The number of nitrogens with zero attached hydrogens (tertiary/aromatic N) is 2. The predicted octanol–water partition coefficient (Wildman–Crippen LogP) is 3.01. The van der Waals surface area contributed by atoms with Crippen LogP contribution in [0, 0.1) is 14.9 Å². The molecule has 0 atom stereocenters. The fourth-order valence-corrected chi connectivity index (χ4v) is 3.61. The number of rotatable bonds is 3. The smallest absolute Gasteiger partial charge is 0.264 e. The summed E-state index contributed by atoms with van der Waals surface area (Å²) in [5.74, 6) is 0. The Morgan fingerprint density at radius 1 is 1.35 bits per heavy atom. The summed E-state index contributed by atoms with van der Waals surface area (Å²) in [6.45, 7) is 0. The Morgan fingerprint density at radius 2 is 2.10 bits per heavy atom. The maximum atomic E-state index is 12.3. The van der Waals surface area contributed by atoms with Crippen LogP contribution in [0.1, 0.15) is 5.69 Å². The summed E-state index contributed by atoms with van der Waals surface area (Å²) in [5, 5.41) is 9.19. The van der Waals surface area contributed by atoms with E-state index in [1.54, 1.807) is 24.3 Å². The molecule has 0 aliphatic heterocycles. The molecule has 2 aromatic rings. The monoisotopic (exact) mass is 419 g/mol. The molecule has 0 aliphatic rings. The number of hydrogen-bond donors (Lipinski definition) is 1. The maximum absolute atomic E-state index is 12.3. The number of benzene rings is 1. The van der Waals surface area contributed by atoms with Gasteiger partial charge in [-0.1, -0.05) is 11.6 Å². The zero-order valence-corrected chi connectivity index (χ0v) is 13.6. The molecule has 20 heavy (non-hydrogen) atoms. The van der Waals surface area contributed by atoms with Crippen molar-refractivity contribution in [1.82, 2.24) is 4.98 Å². The lowest BCUT2D eigenvalue weighted by molar-refractivity contribution is 0.600. The van der Waals surface area contributed by atoms with E-state index in [1.807, 2.05) is 0 Å². The summed E-state index contributed by atoms with van der Waals surface area (Å²) >= 11 is 8.05. The summed E-state index contributed by atoms with van der Waals surface area (Å²) in [5.41, 5.74) is 0.0847. The molecule has 0 amide bonds. The van der Waals surface area contributed by atoms with Crippen LogP contribution in [0.5, 0.6) is 0 Å². The first-order valence-electron chi connectivity index (χ1n) is 5.27. The second kappa shape index (κ2) is 5.95. The quantitative estimate of drug-likeness (QED) is 0.775. The highest BCUT2D eigenvalue weighted by atomic mass is 127. The van der Waals surface area contributed by atoms with Gasteiger partial charge < -0.3 is 0 Å². The van der Waals surface area contributed by atoms with Gasteiger partial charge in [-0.15, -0.1) is 0 Å². The third kappa shape index (κ3) is 3.20. The topological polar surface area (TPSA) is 82.8 Å². The molecule has 1 N–H and O–H groups in total. The van der Waals surface area contributed by atoms with Gasteiger partial charge in [-0.05, 0) is 52.9 Å². The van der Waals surface area contributed by atoms with Crippen molar-refractivity contribution in [3.63, 3.8) is 0 Å². The molecule has 8 heteroatoms. The van der Waals surface area contributed by atoms with Crippen LogP contribution in [0.15, 0.2) is 41.4 Å². The lowest BCUT2D eigenvalue weighted by Gasteiger charge is -2.10. The molecular formula is C12H7ClIN3O2S. The molecule has 0 radical (unpaired) electrons. The normalized spacial score (nSPS) is 10.8. The number of nitriles is 1. The number of nitrogens with one attached hydrogen (secondary N) is 1. The third-order valence-corrected chi connectivity index (χ3v) is 4.72. The second-order valence-electron chi connectivity index (χ2n) is 3.69. The van der Waals surface area contributed by atoms with E-state index in [1.165, 1.54) is 18.3 Å². The largest absolute Gasteiger partial charge is 0.278 e. The van der Waals surface area contributed by atoms with Gasteiger partial charge in [0.1, 0.15) is 11.0 Å². The van der Waals surface area contributed by atoms with E-state index >= 15 is 0 Å². The number of anilines is 1. The zero-order chi connectivity index (χ0) is 14.8. The molecule has 0 spiro atoms. The molecule has 0 saturated heterocycles. The van der Waals surface area contributed by atoms with Crippen LogP contribution in [0.25, 0.3) is 0 Å². The van der Waals surface area contributed by atoms with Gasteiger partial charge in [-0.3, -0.25) is 4.72 Å². The minimum atomic E-state index is -3.91. The number of aromatic nitrogens is 1. The van der Waals surface area contributed by atoms with Crippen molar-refractivity contribution >= 4 is 49.9 Å². The maximum Gasteiger partial charge on any atom is 0.264 e. The van der Waals surface area contributed by atoms with Gasteiger partial charge in [0.2, 0.25) is 0 Å². The number of pyridine rings is 1. The van der Waals surface area contributed by atoms with Gasteiger partial charge in [0, 0.05) is 9.77 Å². The van der Waals surface area contributed by atoms with Gasteiger partial charge in [0.05, 0.1) is 10.7 Å². The Bertz CT molecular complexity index is 803. The fourth-order valence-electron chi connectivity index (χ4n) is 1.46. The van der Waals surface area contributed by atoms with Gasteiger partial charge in [-0.2, -0.15) is 5.26 Å². The molecular weight excluding hydrogens is 413 g/mol. The number of halogens is 2. The van der Waals surface area contributed by atoms with Crippen molar-refractivity contribution in [1.29, 1.82) is 5.26 Å². The molecule has 0 aliphatic carbocycles. The van der Waals surface area contributed by atoms with Crippen LogP contribution in [0.3, 0.4) is 0 Å². The van der Waals surface area contributed by atoms with Crippen LogP contribution in [-0.4, -0.2) is 13.4 Å². The molecule has 0 saturated carbocycles. The van der Waals surface area contributed by atoms with E-state index < -0.39 is 10.0 Å². The number of hydrogen-bond acceptors (Lipinski definition) is 4. The van der Waals surface area contributed by atoms with Crippen LogP contribution < -0.4 is 4.72 Å². The predicted molar refractivity (Wildman–Crippen MR) is 83.9 cm³/mol. The molecule has 0 unspecified atom stereocenters. The van der Waals surface area contributed by atoms with E-state index in [-0.39, 0.29) is 21.3 Å². The highest BCUT2D eigenvalue weighted by Gasteiger charge is 2.20. The lowest BCUT2D eigenvalue weighted by Crippen LogP contribution is -2.15. The SMILES string of the molecule is N#Cc1ncccc1S(=O)(=O)Nc1ccc(I)cc1Cl. The van der Waals surface area contributed by atoms with Gasteiger partial charge in [0.15, 0.2) is 5.69 Å². The van der Waals surface area contributed by atoms with Gasteiger partial charge >= 0.3 is 0 Å². The first kappa shape index (κ1) is 15.0. The third-order valence-electron chi connectivity index (χ3n) is 2.34. The summed E-state index contributed by atoms with van der Waals surface area (Å²) in [7, 11) is -3.91. The van der Waals surface area contributed by atoms with Crippen LogP contribution in [0.2, 0.25) is 5.02 Å². The standard InChI is InChI=1S/C12H7ClIN3O2S/c13-9-6-8(14)3-4-10(9)17-20(18,19)12-2-1-5-16-11(12)7-15/h1-6,17H. The molecule has 102 valence electrons. The minimum absolute atomic E-state index is 0.165. The van der Waals surface area contributed by atoms with Crippen molar-refractivity contribution in [2.24, 2.45) is 0 Å². The van der Waals surface area contributed by atoms with Gasteiger partial charge in [0.25, 0.3) is 10.0 Å². The minimum Gasteiger partial charge on any atom is -0.278 e. The molecule has 0 bridgehead atoms.